The average molecular weight is 169 g/mol. The fourth-order valence-electron chi connectivity index (χ4n) is 0.819. The summed E-state index contributed by atoms with van der Waals surface area (Å²) in [4.78, 5) is 0. The van der Waals surface area contributed by atoms with Gasteiger partial charge in [0, 0.05) is 5.56 Å². The summed E-state index contributed by atoms with van der Waals surface area (Å²) >= 11 is 0. The molecule has 62 valence electrons. The van der Waals surface area contributed by atoms with Crippen molar-refractivity contribution >= 4 is 0 Å². The topological polar surface area (TPSA) is 44.0 Å². The van der Waals surface area contributed by atoms with Crippen LogP contribution in [0.15, 0.2) is 12.1 Å². The van der Waals surface area contributed by atoms with E-state index in [-0.39, 0.29) is 5.56 Å². The van der Waals surface area contributed by atoms with Crippen molar-refractivity contribution in [2.75, 3.05) is 0 Å². The molecule has 0 saturated heterocycles. The molecule has 1 rings (SSSR count). The summed E-state index contributed by atoms with van der Waals surface area (Å²) in [6.45, 7) is -0.705. The molecule has 0 radical (unpaired) electrons. The zero-order chi connectivity index (χ0) is 9.14. The second kappa shape index (κ2) is 3.28. The molecule has 0 spiro atoms. The normalized spacial score (nSPS) is 9.50. The summed E-state index contributed by atoms with van der Waals surface area (Å²) in [5.74, 6) is -1.79. The third-order valence-electron chi connectivity index (χ3n) is 1.43. The van der Waals surface area contributed by atoms with Crippen LogP contribution < -0.4 is 0 Å². The molecular formula is C8H5F2NO. The second-order valence-electron chi connectivity index (χ2n) is 2.19. The Morgan fingerprint density at radius 3 is 2.17 bits per heavy atom. The number of nitriles is 1. The van der Waals surface area contributed by atoms with Gasteiger partial charge in [0.2, 0.25) is 0 Å². The third kappa shape index (κ3) is 1.41. The van der Waals surface area contributed by atoms with Crippen LogP contribution in [-0.2, 0) is 6.61 Å². The summed E-state index contributed by atoms with van der Waals surface area (Å²) in [6.07, 6.45) is 0. The van der Waals surface area contributed by atoms with Gasteiger partial charge in [-0.05, 0) is 12.1 Å². The van der Waals surface area contributed by atoms with E-state index in [1.165, 1.54) is 0 Å². The highest BCUT2D eigenvalue weighted by Gasteiger charge is 2.09. The Balaban J connectivity index is 3.30. The molecule has 0 heterocycles. The molecule has 2 nitrogen and oxygen atoms in total. The average Bonchev–Trinajstić information content (AvgIpc) is 2.03. The largest absolute Gasteiger partial charge is 0.391 e. The van der Waals surface area contributed by atoms with E-state index in [1.807, 2.05) is 0 Å². The first-order chi connectivity index (χ1) is 5.69. The van der Waals surface area contributed by atoms with E-state index in [4.69, 9.17) is 10.4 Å². The highest BCUT2D eigenvalue weighted by Crippen LogP contribution is 2.14. The molecule has 0 fully saturated rings. The van der Waals surface area contributed by atoms with Crippen LogP contribution >= 0.6 is 0 Å². The van der Waals surface area contributed by atoms with Gasteiger partial charge in [0.25, 0.3) is 0 Å². The summed E-state index contributed by atoms with van der Waals surface area (Å²) in [5.41, 5.74) is -0.504. The van der Waals surface area contributed by atoms with Crippen molar-refractivity contribution in [3.8, 4) is 6.07 Å². The van der Waals surface area contributed by atoms with Crippen molar-refractivity contribution in [3.63, 3.8) is 0 Å². The Bertz CT molecular complexity index is 320. The first kappa shape index (κ1) is 8.62. The SMILES string of the molecule is N#Cc1cc(F)c(CO)c(F)c1. The Morgan fingerprint density at radius 2 is 1.83 bits per heavy atom. The first-order valence-corrected chi connectivity index (χ1v) is 3.18. The van der Waals surface area contributed by atoms with Gasteiger partial charge in [0.15, 0.2) is 0 Å². The molecule has 0 unspecified atom stereocenters. The number of hydrogen-bond acceptors (Lipinski definition) is 2. The molecule has 0 aliphatic heterocycles. The molecule has 4 heteroatoms. The van der Waals surface area contributed by atoms with Crippen molar-refractivity contribution in [2.45, 2.75) is 6.61 Å². The molecule has 0 atom stereocenters. The molecule has 1 aromatic carbocycles. The van der Waals surface area contributed by atoms with Gasteiger partial charge in [0.05, 0.1) is 18.2 Å². The number of aliphatic hydroxyl groups excluding tert-OH is 1. The summed E-state index contributed by atoms with van der Waals surface area (Å²) in [7, 11) is 0. The zero-order valence-electron chi connectivity index (χ0n) is 6.01. The number of hydrogen-bond donors (Lipinski definition) is 1. The molecule has 0 aromatic heterocycles. The second-order valence-corrected chi connectivity index (χ2v) is 2.19. The minimum atomic E-state index is -0.894. The Hall–Kier alpha value is -1.47. The van der Waals surface area contributed by atoms with E-state index in [0.29, 0.717) is 0 Å². The fourth-order valence-corrected chi connectivity index (χ4v) is 0.819. The predicted octanol–water partition coefficient (Wildman–Crippen LogP) is 1.33. The standard InChI is InChI=1S/C8H5F2NO/c9-7-1-5(3-11)2-8(10)6(7)4-12/h1-2,12H,4H2. The van der Waals surface area contributed by atoms with Gasteiger partial charge in [-0.25, -0.2) is 8.78 Å². The molecule has 0 aliphatic carbocycles. The van der Waals surface area contributed by atoms with E-state index in [1.54, 1.807) is 6.07 Å². The van der Waals surface area contributed by atoms with Gasteiger partial charge in [0.1, 0.15) is 11.6 Å². The van der Waals surface area contributed by atoms with Crippen LogP contribution in [0.25, 0.3) is 0 Å². The van der Waals surface area contributed by atoms with Gasteiger partial charge in [-0.3, -0.25) is 0 Å². The third-order valence-corrected chi connectivity index (χ3v) is 1.43. The lowest BCUT2D eigenvalue weighted by atomic mass is 10.1. The first-order valence-electron chi connectivity index (χ1n) is 3.18. The van der Waals surface area contributed by atoms with E-state index < -0.39 is 23.8 Å². The lowest BCUT2D eigenvalue weighted by Gasteiger charge is -2.00. The van der Waals surface area contributed by atoms with E-state index in [9.17, 15) is 8.78 Å². The minimum absolute atomic E-state index is 0.0952. The van der Waals surface area contributed by atoms with Crippen LogP contribution in [0.1, 0.15) is 11.1 Å². The monoisotopic (exact) mass is 169 g/mol. The van der Waals surface area contributed by atoms with Crippen LogP contribution in [0.2, 0.25) is 0 Å². The maximum atomic E-state index is 12.7. The lowest BCUT2D eigenvalue weighted by Crippen LogP contribution is -1.96. The van der Waals surface area contributed by atoms with Crippen LogP contribution in [-0.4, -0.2) is 5.11 Å². The van der Waals surface area contributed by atoms with Crippen molar-refractivity contribution in [3.05, 3.63) is 34.9 Å². The molecule has 12 heavy (non-hydrogen) atoms. The van der Waals surface area contributed by atoms with Gasteiger partial charge in [-0.1, -0.05) is 0 Å². The fraction of sp³-hybridized carbons (Fsp3) is 0.125. The highest BCUT2D eigenvalue weighted by atomic mass is 19.1. The number of nitrogens with zero attached hydrogens (tertiary/aromatic N) is 1. The van der Waals surface area contributed by atoms with E-state index >= 15 is 0 Å². The van der Waals surface area contributed by atoms with Crippen molar-refractivity contribution in [1.82, 2.24) is 0 Å². The molecular weight excluding hydrogens is 164 g/mol. The molecule has 0 aliphatic rings. The predicted molar refractivity (Wildman–Crippen MR) is 37.0 cm³/mol. The maximum absolute atomic E-state index is 12.7. The van der Waals surface area contributed by atoms with Gasteiger partial charge < -0.3 is 5.11 Å². The summed E-state index contributed by atoms with van der Waals surface area (Å²) < 4.78 is 25.5. The van der Waals surface area contributed by atoms with E-state index in [0.717, 1.165) is 12.1 Å². The summed E-state index contributed by atoms with van der Waals surface area (Å²) in [6, 6.07) is 3.37. The van der Waals surface area contributed by atoms with Crippen LogP contribution in [0.3, 0.4) is 0 Å². The summed E-state index contributed by atoms with van der Waals surface area (Å²) in [5, 5.41) is 16.8. The van der Waals surface area contributed by atoms with E-state index in [2.05, 4.69) is 0 Å². The van der Waals surface area contributed by atoms with Crippen LogP contribution in [0.4, 0.5) is 8.78 Å². The Morgan fingerprint density at radius 1 is 1.33 bits per heavy atom. The van der Waals surface area contributed by atoms with Crippen LogP contribution in [0.5, 0.6) is 0 Å². The Labute approximate surface area is 67.7 Å². The molecule has 1 N–H and O–H groups in total. The molecule has 0 bridgehead atoms. The maximum Gasteiger partial charge on any atom is 0.132 e. The minimum Gasteiger partial charge on any atom is -0.391 e. The van der Waals surface area contributed by atoms with Gasteiger partial charge in [-0.15, -0.1) is 0 Å². The van der Waals surface area contributed by atoms with Crippen LogP contribution in [0, 0.1) is 23.0 Å². The Kier molecular flexibility index (Phi) is 2.36. The lowest BCUT2D eigenvalue weighted by molar-refractivity contribution is 0.269. The van der Waals surface area contributed by atoms with Gasteiger partial charge in [-0.2, -0.15) is 5.26 Å². The molecule has 0 saturated carbocycles. The number of benzene rings is 1. The molecule has 1 aromatic rings. The van der Waals surface area contributed by atoms with Crippen molar-refractivity contribution < 1.29 is 13.9 Å². The number of halogens is 2. The quantitative estimate of drug-likeness (QED) is 0.689. The highest BCUT2D eigenvalue weighted by molar-refractivity contribution is 5.33. The zero-order valence-corrected chi connectivity index (χ0v) is 6.01. The number of aliphatic hydroxyl groups is 1. The van der Waals surface area contributed by atoms with Gasteiger partial charge >= 0.3 is 0 Å². The van der Waals surface area contributed by atoms with Crippen molar-refractivity contribution in [2.24, 2.45) is 0 Å². The smallest absolute Gasteiger partial charge is 0.132 e. The number of rotatable bonds is 1. The van der Waals surface area contributed by atoms with Crippen molar-refractivity contribution in [1.29, 1.82) is 5.26 Å². The molecule has 0 amide bonds.